The molecule has 0 saturated carbocycles. The third-order valence-corrected chi connectivity index (χ3v) is 6.73. The Morgan fingerprint density at radius 1 is 1.16 bits per heavy atom. The lowest BCUT2D eigenvalue weighted by molar-refractivity contribution is -0.134. The van der Waals surface area contributed by atoms with E-state index in [2.05, 4.69) is 4.98 Å². The SMILES string of the molecule is O=S(=O)(CCCC(F)(F)F)N1CCC(c2c[nH]c3ccccc23)CC1. The Bertz CT molecular complexity index is 822. The number of piperidine rings is 1. The van der Waals surface area contributed by atoms with Gasteiger partial charge >= 0.3 is 6.18 Å². The molecule has 0 spiro atoms. The molecule has 2 heterocycles. The molecule has 1 aromatic carbocycles. The third kappa shape index (κ3) is 4.36. The second-order valence-electron chi connectivity index (χ2n) is 6.50. The summed E-state index contributed by atoms with van der Waals surface area (Å²) in [7, 11) is -3.61. The van der Waals surface area contributed by atoms with E-state index in [1.165, 1.54) is 9.87 Å². The minimum atomic E-state index is -4.31. The van der Waals surface area contributed by atoms with Crippen LogP contribution in [0.1, 0.15) is 37.2 Å². The lowest BCUT2D eigenvalue weighted by Crippen LogP contribution is -2.39. The second kappa shape index (κ2) is 6.99. The number of nitrogens with zero attached hydrogens (tertiary/aromatic N) is 1. The van der Waals surface area contributed by atoms with E-state index in [-0.39, 0.29) is 12.3 Å². The van der Waals surface area contributed by atoms with E-state index in [9.17, 15) is 21.6 Å². The Morgan fingerprint density at radius 2 is 1.84 bits per heavy atom. The van der Waals surface area contributed by atoms with Gasteiger partial charge in [-0.1, -0.05) is 18.2 Å². The van der Waals surface area contributed by atoms with Crippen LogP contribution in [0.4, 0.5) is 13.2 Å². The van der Waals surface area contributed by atoms with Gasteiger partial charge in [-0.2, -0.15) is 13.2 Å². The van der Waals surface area contributed by atoms with Gasteiger partial charge in [-0.3, -0.25) is 0 Å². The number of nitrogens with one attached hydrogen (secondary N) is 1. The van der Waals surface area contributed by atoms with Gasteiger partial charge in [0.05, 0.1) is 5.75 Å². The summed E-state index contributed by atoms with van der Waals surface area (Å²) in [5, 5.41) is 1.15. The van der Waals surface area contributed by atoms with Gasteiger partial charge in [-0.15, -0.1) is 0 Å². The number of benzene rings is 1. The molecule has 1 aromatic heterocycles. The van der Waals surface area contributed by atoms with Gasteiger partial charge in [0.15, 0.2) is 0 Å². The maximum atomic E-state index is 12.2. The Kier molecular flexibility index (Phi) is 5.11. The molecular formula is C17H21F3N2O2S. The largest absolute Gasteiger partial charge is 0.389 e. The summed E-state index contributed by atoms with van der Waals surface area (Å²) < 4.78 is 62.4. The summed E-state index contributed by atoms with van der Waals surface area (Å²) >= 11 is 0. The predicted octanol–water partition coefficient (Wildman–Crippen LogP) is 4.02. The molecule has 3 rings (SSSR count). The zero-order valence-corrected chi connectivity index (χ0v) is 14.5. The average Bonchev–Trinajstić information content (AvgIpc) is 2.97. The fraction of sp³-hybridized carbons (Fsp3) is 0.529. The van der Waals surface area contributed by atoms with E-state index in [4.69, 9.17) is 0 Å². The highest BCUT2D eigenvalue weighted by atomic mass is 32.2. The van der Waals surface area contributed by atoms with Gasteiger partial charge in [0, 0.05) is 36.6 Å². The van der Waals surface area contributed by atoms with Gasteiger partial charge in [0.25, 0.3) is 0 Å². The molecule has 0 bridgehead atoms. The van der Waals surface area contributed by atoms with Crippen LogP contribution >= 0.6 is 0 Å². The Balaban J connectivity index is 1.60. The lowest BCUT2D eigenvalue weighted by atomic mass is 9.90. The fourth-order valence-electron chi connectivity index (χ4n) is 3.46. The number of hydrogen-bond acceptors (Lipinski definition) is 2. The van der Waals surface area contributed by atoms with Crippen molar-refractivity contribution in [3.63, 3.8) is 0 Å². The number of hydrogen-bond donors (Lipinski definition) is 1. The van der Waals surface area contributed by atoms with Crippen molar-refractivity contribution in [2.75, 3.05) is 18.8 Å². The van der Waals surface area contributed by atoms with Crippen molar-refractivity contribution in [2.45, 2.75) is 37.8 Å². The average molecular weight is 374 g/mol. The number of fused-ring (bicyclic) bond motifs is 1. The smallest absolute Gasteiger partial charge is 0.361 e. The molecule has 8 heteroatoms. The molecular weight excluding hydrogens is 353 g/mol. The van der Waals surface area contributed by atoms with Gasteiger partial charge in [0.1, 0.15) is 0 Å². The Labute approximate surface area is 145 Å². The first kappa shape index (κ1) is 18.3. The Hall–Kier alpha value is -1.54. The van der Waals surface area contributed by atoms with E-state index in [0.717, 1.165) is 10.9 Å². The summed E-state index contributed by atoms with van der Waals surface area (Å²) in [5.41, 5.74) is 2.24. The number of aromatic nitrogens is 1. The van der Waals surface area contributed by atoms with E-state index in [0.29, 0.717) is 25.9 Å². The molecule has 0 amide bonds. The molecule has 1 saturated heterocycles. The van der Waals surface area contributed by atoms with Crippen molar-refractivity contribution in [3.05, 3.63) is 36.0 Å². The van der Waals surface area contributed by atoms with Crippen molar-refractivity contribution in [3.8, 4) is 0 Å². The van der Waals surface area contributed by atoms with Crippen LogP contribution in [0.25, 0.3) is 10.9 Å². The molecule has 1 fully saturated rings. The molecule has 1 aliphatic heterocycles. The molecule has 25 heavy (non-hydrogen) atoms. The van der Waals surface area contributed by atoms with E-state index in [1.54, 1.807) is 0 Å². The van der Waals surface area contributed by atoms with Crippen molar-refractivity contribution in [2.24, 2.45) is 0 Å². The number of halogens is 3. The summed E-state index contributed by atoms with van der Waals surface area (Å²) in [6, 6.07) is 7.97. The zero-order valence-electron chi connectivity index (χ0n) is 13.7. The van der Waals surface area contributed by atoms with Crippen LogP contribution in [-0.4, -0.2) is 42.7 Å². The van der Waals surface area contributed by atoms with E-state index >= 15 is 0 Å². The molecule has 1 aliphatic rings. The maximum Gasteiger partial charge on any atom is 0.389 e. The number of aromatic amines is 1. The van der Waals surface area contributed by atoms with Gasteiger partial charge in [0.2, 0.25) is 10.0 Å². The molecule has 0 atom stereocenters. The first-order valence-corrected chi connectivity index (χ1v) is 9.98. The number of H-pyrrole nitrogens is 1. The van der Waals surface area contributed by atoms with Crippen LogP contribution in [0, 0.1) is 0 Å². The highest BCUT2D eigenvalue weighted by Gasteiger charge is 2.31. The molecule has 0 radical (unpaired) electrons. The zero-order chi connectivity index (χ0) is 18.1. The second-order valence-corrected chi connectivity index (χ2v) is 8.59. The molecule has 2 aromatic rings. The number of sulfonamides is 1. The third-order valence-electron chi connectivity index (χ3n) is 4.77. The lowest BCUT2D eigenvalue weighted by Gasteiger charge is -2.31. The summed E-state index contributed by atoms with van der Waals surface area (Å²) in [5.74, 6) is -0.178. The maximum absolute atomic E-state index is 12.2. The normalized spacial score (nSPS) is 18.0. The van der Waals surface area contributed by atoms with Crippen molar-refractivity contribution in [1.29, 1.82) is 0 Å². The molecule has 4 nitrogen and oxygen atoms in total. The van der Waals surface area contributed by atoms with Crippen LogP contribution in [0.15, 0.2) is 30.5 Å². The topological polar surface area (TPSA) is 53.2 Å². The molecule has 138 valence electrons. The first-order valence-electron chi connectivity index (χ1n) is 8.37. The quantitative estimate of drug-likeness (QED) is 0.859. The van der Waals surface area contributed by atoms with Crippen LogP contribution in [-0.2, 0) is 10.0 Å². The minimum Gasteiger partial charge on any atom is -0.361 e. The Morgan fingerprint density at radius 3 is 2.52 bits per heavy atom. The highest BCUT2D eigenvalue weighted by Crippen LogP contribution is 2.34. The van der Waals surface area contributed by atoms with Crippen molar-refractivity contribution < 1.29 is 21.6 Å². The number of para-hydroxylation sites is 1. The minimum absolute atomic E-state index is 0.262. The summed E-state index contributed by atoms with van der Waals surface area (Å²) in [4.78, 5) is 3.23. The van der Waals surface area contributed by atoms with Crippen LogP contribution in [0.2, 0.25) is 0 Å². The van der Waals surface area contributed by atoms with Crippen molar-refractivity contribution in [1.82, 2.24) is 9.29 Å². The standard InChI is InChI=1S/C17H21F3N2O2S/c18-17(19,20)8-3-11-25(23,24)22-9-6-13(7-10-22)15-12-21-16-5-2-1-4-14(15)16/h1-2,4-5,12-13,21H,3,6-11H2. The highest BCUT2D eigenvalue weighted by molar-refractivity contribution is 7.89. The predicted molar refractivity (Wildman–Crippen MR) is 90.9 cm³/mol. The molecule has 0 unspecified atom stereocenters. The summed E-state index contributed by atoms with van der Waals surface area (Å²) in [6.07, 6.45) is -2.41. The fourth-order valence-corrected chi connectivity index (χ4v) is 5.00. The first-order chi connectivity index (χ1) is 11.8. The van der Waals surface area contributed by atoms with Gasteiger partial charge < -0.3 is 4.98 Å². The number of rotatable bonds is 5. The molecule has 1 N–H and O–H groups in total. The van der Waals surface area contributed by atoms with E-state index in [1.807, 2.05) is 30.5 Å². The molecule has 0 aliphatic carbocycles. The van der Waals surface area contributed by atoms with E-state index < -0.39 is 28.4 Å². The number of alkyl halides is 3. The van der Waals surface area contributed by atoms with Gasteiger partial charge in [-0.05, 0) is 36.8 Å². The monoisotopic (exact) mass is 374 g/mol. The summed E-state index contributed by atoms with van der Waals surface area (Å²) in [6.45, 7) is 0.719. The van der Waals surface area contributed by atoms with Crippen LogP contribution in [0.5, 0.6) is 0 Å². The van der Waals surface area contributed by atoms with Gasteiger partial charge in [-0.25, -0.2) is 12.7 Å². The van der Waals surface area contributed by atoms with Crippen LogP contribution in [0.3, 0.4) is 0 Å². The van der Waals surface area contributed by atoms with Crippen LogP contribution < -0.4 is 0 Å². The van der Waals surface area contributed by atoms with Crippen molar-refractivity contribution >= 4 is 20.9 Å².